The van der Waals surface area contributed by atoms with Crippen molar-refractivity contribution >= 4 is 39.1 Å². The monoisotopic (exact) mass is 261 g/mol. The third kappa shape index (κ3) is 2.71. The van der Waals surface area contributed by atoms with E-state index in [1.807, 2.05) is 25.1 Å². The molecule has 0 aliphatic carbocycles. The maximum atomic E-state index is 11.0. The number of anilines is 1. The zero-order chi connectivity index (χ0) is 9.84. The number of carbonyl (C=O) groups is 1. The summed E-state index contributed by atoms with van der Waals surface area (Å²) in [6.45, 7) is 1.96. The Morgan fingerprint density at radius 1 is 1.62 bits per heavy atom. The third-order valence-electron chi connectivity index (χ3n) is 1.59. The van der Waals surface area contributed by atoms with E-state index in [0.717, 1.165) is 15.7 Å². The van der Waals surface area contributed by atoms with Crippen LogP contribution in [0.3, 0.4) is 0 Å². The first-order valence-electron chi connectivity index (χ1n) is 3.76. The normalized spacial score (nSPS) is 9.77. The van der Waals surface area contributed by atoms with Crippen molar-refractivity contribution < 1.29 is 4.79 Å². The standard InChI is InChI=1S/C9H9BrClNO/c1-6-3-2-4-7(9(6)10)12-8(13)5-11/h2-4H,5H2,1H3,(H,12,13). The van der Waals surface area contributed by atoms with Gasteiger partial charge in [0.1, 0.15) is 5.88 Å². The number of carbonyl (C=O) groups excluding carboxylic acids is 1. The molecular weight excluding hydrogens is 253 g/mol. The van der Waals surface area contributed by atoms with Crippen LogP contribution in [0.1, 0.15) is 5.56 Å². The van der Waals surface area contributed by atoms with Crippen LogP contribution in [0.2, 0.25) is 0 Å². The number of aryl methyl sites for hydroxylation is 1. The van der Waals surface area contributed by atoms with Gasteiger partial charge in [0.05, 0.1) is 5.69 Å². The molecule has 2 nitrogen and oxygen atoms in total. The summed E-state index contributed by atoms with van der Waals surface area (Å²) in [5.74, 6) is -0.228. The molecular formula is C9H9BrClNO. The van der Waals surface area contributed by atoms with Gasteiger partial charge in [-0.15, -0.1) is 11.6 Å². The molecule has 4 heteroatoms. The van der Waals surface area contributed by atoms with Crippen molar-refractivity contribution in [2.24, 2.45) is 0 Å². The lowest BCUT2D eigenvalue weighted by atomic mass is 10.2. The Kier molecular flexibility index (Phi) is 3.75. The van der Waals surface area contributed by atoms with E-state index in [1.54, 1.807) is 0 Å². The van der Waals surface area contributed by atoms with Crippen LogP contribution in [-0.4, -0.2) is 11.8 Å². The van der Waals surface area contributed by atoms with Crippen molar-refractivity contribution in [1.82, 2.24) is 0 Å². The number of nitrogens with one attached hydrogen (secondary N) is 1. The van der Waals surface area contributed by atoms with Gasteiger partial charge in [-0.3, -0.25) is 4.79 Å². The van der Waals surface area contributed by atoms with Gasteiger partial charge in [0.15, 0.2) is 0 Å². The summed E-state index contributed by atoms with van der Waals surface area (Å²) in [6, 6.07) is 5.66. The topological polar surface area (TPSA) is 29.1 Å². The molecule has 0 radical (unpaired) electrons. The Balaban J connectivity index is 2.89. The zero-order valence-corrected chi connectivity index (χ0v) is 9.45. The van der Waals surface area contributed by atoms with E-state index in [9.17, 15) is 4.79 Å². The summed E-state index contributed by atoms with van der Waals surface area (Å²) in [5, 5.41) is 2.68. The Hall–Kier alpha value is -0.540. The average molecular weight is 263 g/mol. The second kappa shape index (κ2) is 4.63. The molecule has 1 rings (SSSR count). The highest BCUT2D eigenvalue weighted by atomic mass is 79.9. The van der Waals surface area contributed by atoms with Gasteiger partial charge in [-0.25, -0.2) is 0 Å². The molecule has 1 amide bonds. The van der Waals surface area contributed by atoms with Gasteiger partial charge < -0.3 is 5.32 Å². The van der Waals surface area contributed by atoms with Gasteiger partial charge >= 0.3 is 0 Å². The molecule has 0 heterocycles. The minimum absolute atomic E-state index is 0.0274. The molecule has 1 N–H and O–H groups in total. The molecule has 0 bridgehead atoms. The van der Waals surface area contributed by atoms with E-state index < -0.39 is 0 Å². The lowest BCUT2D eigenvalue weighted by molar-refractivity contribution is -0.113. The van der Waals surface area contributed by atoms with Gasteiger partial charge in [-0.1, -0.05) is 12.1 Å². The van der Waals surface area contributed by atoms with Gasteiger partial charge in [0.2, 0.25) is 5.91 Å². The second-order valence-electron chi connectivity index (χ2n) is 2.62. The van der Waals surface area contributed by atoms with Crippen molar-refractivity contribution in [3.63, 3.8) is 0 Å². The minimum atomic E-state index is -0.201. The molecule has 70 valence electrons. The lowest BCUT2D eigenvalue weighted by Crippen LogP contribution is -2.13. The van der Waals surface area contributed by atoms with E-state index in [2.05, 4.69) is 21.2 Å². The highest BCUT2D eigenvalue weighted by Gasteiger charge is 2.04. The van der Waals surface area contributed by atoms with Crippen molar-refractivity contribution in [2.45, 2.75) is 6.92 Å². The molecule has 0 saturated carbocycles. The Labute approximate surface area is 90.4 Å². The number of hydrogen-bond donors (Lipinski definition) is 1. The summed E-state index contributed by atoms with van der Waals surface area (Å²) in [7, 11) is 0. The first-order chi connectivity index (χ1) is 6.15. The fourth-order valence-electron chi connectivity index (χ4n) is 0.928. The molecule has 0 saturated heterocycles. The largest absolute Gasteiger partial charge is 0.324 e. The fraction of sp³-hybridized carbons (Fsp3) is 0.222. The SMILES string of the molecule is Cc1cccc(NC(=O)CCl)c1Br. The van der Waals surface area contributed by atoms with Crippen LogP contribution >= 0.6 is 27.5 Å². The molecule has 0 aliphatic rings. The predicted molar refractivity (Wildman–Crippen MR) is 58.2 cm³/mol. The maximum absolute atomic E-state index is 11.0. The molecule has 0 aromatic heterocycles. The summed E-state index contributed by atoms with van der Waals surface area (Å²) in [5.41, 5.74) is 1.83. The van der Waals surface area contributed by atoms with Gasteiger partial charge in [-0.05, 0) is 34.5 Å². The van der Waals surface area contributed by atoms with Gasteiger partial charge in [0.25, 0.3) is 0 Å². The smallest absolute Gasteiger partial charge is 0.239 e. The fourth-order valence-corrected chi connectivity index (χ4v) is 1.36. The van der Waals surface area contributed by atoms with Crippen molar-refractivity contribution in [3.05, 3.63) is 28.2 Å². The van der Waals surface area contributed by atoms with E-state index in [-0.39, 0.29) is 11.8 Å². The Morgan fingerprint density at radius 2 is 2.31 bits per heavy atom. The van der Waals surface area contributed by atoms with Crippen LogP contribution in [0, 0.1) is 6.92 Å². The molecule has 0 aliphatic heterocycles. The Morgan fingerprint density at radius 3 is 2.92 bits per heavy atom. The summed E-state index contributed by atoms with van der Waals surface area (Å²) >= 11 is 8.75. The molecule has 1 aromatic carbocycles. The van der Waals surface area contributed by atoms with Crippen LogP contribution in [-0.2, 0) is 4.79 Å². The molecule has 0 fully saturated rings. The van der Waals surface area contributed by atoms with Crippen LogP contribution in [0.4, 0.5) is 5.69 Å². The van der Waals surface area contributed by atoms with Crippen LogP contribution < -0.4 is 5.32 Å². The first kappa shape index (κ1) is 10.5. The van der Waals surface area contributed by atoms with Crippen LogP contribution in [0.15, 0.2) is 22.7 Å². The third-order valence-corrected chi connectivity index (χ3v) is 2.88. The van der Waals surface area contributed by atoms with Crippen molar-refractivity contribution in [1.29, 1.82) is 0 Å². The van der Waals surface area contributed by atoms with E-state index in [0.29, 0.717) is 0 Å². The summed E-state index contributed by atoms with van der Waals surface area (Å²) in [6.07, 6.45) is 0. The molecule has 0 unspecified atom stereocenters. The van der Waals surface area contributed by atoms with E-state index in [4.69, 9.17) is 11.6 Å². The number of halogens is 2. The lowest BCUT2D eigenvalue weighted by Gasteiger charge is -2.07. The predicted octanol–water partition coefficient (Wildman–Crippen LogP) is 2.93. The molecule has 1 aromatic rings. The molecule has 0 spiro atoms. The number of rotatable bonds is 2. The van der Waals surface area contributed by atoms with Crippen molar-refractivity contribution in [2.75, 3.05) is 11.2 Å². The number of amides is 1. The number of hydrogen-bond acceptors (Lipinski definition) is 1. The van der Waals surface area contributed by atoms with E-state index >= 15 is 0 Å². The number of benzene rings is 1. The quantitative estimate of drug-likeness (QED) is 0.816. The first-order valence-corrected chi connectivity index (χ1v) is 5.09. The average Bonchev–Trinajstić information content (AvgIpc) is 2.13. The Bertz CT molecular complexity index is 327. The number of alkyl halides is 1. The zero-order valence-electron chi connectivity index (χ0n) is 7.10. The van der Waals surface area contributed by atoms with Gasteiger partial charge in [0, 0.05) is 4.47 Å². The van der Waals surface area contributed by atoms with Crippen LogP contribution in [0.5, 0.6) is 0 Å². The second-order valence-corrected chi connectivity index (χ2v) is 3.68. The summed E-state index contributed by atoms with van der Waals surface area (Å²) in [4.78, 5) is 11.0. The highest BCUT2D eigenvalue weighted by Crippen LogP contribution is 2.25. The highest BCUT2D eigenvalue weighted by molar-refractivity contribution is 9.10. The van der Waals surface area contributed by atoms with Crippen molar-refractivity contribution in [3.8, 4) is 0 Å². The van der Waals surface area contributed by atoms with Crippen LogP contribution in [0.25, 0.3) is 0 Å². The van der Waals surface area contributed by atoms with E-state index in [1.165, 1.54) is 0 Å². The maximum Gasteiger partial charge on any atom is 0.239 e. The molecule has 13 heavy (non-hydrogen) atoms. The summed E-state index contributed by atoms with van der Waals surface area (Å²) < 4.78 is 0.897. The minimum Gasteiger partial charge on any atom is -0.324 e. The van der Waals surface area contributed by atoms with Gasteiger partial charge in [-0.2, -0.15) is 0 Å². The molecule has 0 atom stereocenters.